The van der Waals surface area contributed by atoms with Crippen LogP contribution < -0.4 is 5.32 Å². The molecule has 1 saturated heterocycles. The van der Waals surface area contributed by atoms with Crippen LogP contribution >= 0.6 is 38.5 Å². The van der Waals surface area contributed by atoms with E-state index in [2.05, 4.69) is 69.0 Å². The SMILES string of the molecule is CCCNC(CCC1CCCO1)c1cc(Br)ccc1I. The van der Waals surface area contributed by atoms with Crippen molar-refractivity contribution in [3.8, 4) is 0 Å². The van der Waals surface area contributed by atoms with Gasteiger partial charge >= 0.3 is 0 Å². The van der Waals surface area contributed by atoms with Gasteiger partial charge in [-0.1, -0.05) is 22.9 Å². The Bertz CT molecular complexity index is 421. The van der Waals surface area contributed by atoms with Crippen molar-refractivity contribution in [3.63, 3.8) is 0 Å². The number of rotatable bonds is 7. The van der Waals surface area contributed by atoms with Crippen LogP contribution in [0.1, 0.15) is 50.6 Å². The van der Waals surface area contributed by atoms with E-state index in [4.69, 9.17) is 4.74 Å². The van der Waals surface area contributed by atoms with E-state index in [0.29, 0.717) is 12.1 Å². The first-order valence-corrected chi connectivity index (χ1v) is 9.37. The molecule has 0 saturated carbocycles. The molecule has 1 heterocycles. The van der Waals surface area contributed by atoms with Gasteiger partial charge in [0.15, 0.2) is 0 Å². The Kier molecular flexibility index (Phi) is 7.28. The van der Waals surface area contributed by atoms with E-state index in [1.807, 2.05) is 0 Å². The van der Waals surface area contributed by atoms with E-state index in [1.165, 1.54) is 28.4 Å². The van der Waals surface area contributed by atoms with Crippen LogP contribution in [0, 0.1) is 3.57 Å². The Labute approximate surface area is 144 Å². The molecule has 1 aromatic rings. The monoisotopic (exact) mass is 451 g/mol. The molecule has 0 amide bonds. The van der Waals surface area contributed by atoms with Gasteiger partial charge in [0.2, 0.25) is 0 Å². The highest BCUT2D eigenvalue weighted by Gasteiger charge is 2.20. The summed E-state index contributed by atoms with van der Waals surface area (Å²) in [5.74, 6) is 0. The van der Waals surface area contributed by atoms with Gasteiger partial charge in [-0.15, -0.1) is 0 Å². The Hall–Kier alpha value is 0.350. The molecule has 112 valence electrons. The Morgan fingerprint density at radius 3 is 3.05 bits per heavy atom. The zero-order valence-electron chi connectivity index (χ0n) is 12.0. The highest BCUT2D eigenvalue weighted by Crippen LogP contribution is 2.29. The van der Waals surface area contributed by atoms with Crippen molar-refractivity contribution in [2.45, 2.75) is 51.2 Å². The van der Waals surface area contributed by atoms with Crippen LogP contribution in [-0.2, 0) is 4.74 Å². The first kappa shape index (κ1) is 16.7. The van der Waals surface area contributed by atoms with Gasteiger partial charge in [0.05, 0.1) is 6.10 Å². The molecule has 2 atom stereocenters. The van der Waals surface area contributed by atoms with Crippen LogP contribution in [0.5, 0.6) is 0 Å². The third kappa shape index (κ3) is 4.97. The lowest BCUT2D eigenvalue weighted by atomic mass is 9.99. The summed E-state index contributed by atoms with van der Waals surface area (Å²) in [6, 6.07) is 6.99. The van der Waals surface area contributed by atoms with Gasteiger partial charge in [0.1, 0.15) is 0 Å². The van der Waals surface area contributed by atoms with E-state index in [0.717, 1.165) is 30.5 Å². The summed E-state index contributed by atoms with van der Waals surface area (Å²) in [5, 5.41) is 3.70. The summed E-state index contributed by atoms with van der Waals surface area (Å²) in [7, 11) is 0. The van der Waals surface area contributed by atoms with Crippen molar-refractivity contribution in [1.82, 2.24) is 5.32 Å². The van der Waals surface area contributed by atoms with E-state index in [1.54, 1.807) is 0 Å². The molecule has 0 radical (unpaired) electrons. The lowest BCUT2D eigenvalue weighted by Gasteiger charge is -2.22. The lowest BCUT2D eigenvalue weighted by Crippen LogP contribution is -2.24. The maximum atomic E-state index is 5.76. The van der Waals surface area contributed by atoms with E-state index < -0.39 is 0 Å². The second-order valence-electron chi connectivity index (χ2n) is 5.38. The molecule has 1 aliphatic rings. The average Bonchev–Trinajstić information content (AvgIpc) is 2.95. The van der Waals surface area contributed by atoms with Crippen molar-refractivity contribution < 1.29 is 4.74 Å². The molecule has 0 aliphatic carbocycles. The Balaban J connectivity index is 2.02. The van der Waals surface area contributed by atoms with E-state index in [9.17, 15) is 0 Å². The number of hydrogen-bond donors (Lipinski definition) is 1. The van der Waals surface area contributed by atoms with E-state index in [-0.39, 0.29) is 0 Å². The van der Waals surface area contributed by atoms with Crippen LogP contribution in [0.15, 0.2) is 22.7 Å². The molecular weight excluding hydrogens is 429 g/mol. The fraction of sp³-hybridized carbons (Fsp3) is 0.625. The molecule has 1 N–H and O–H groups in total. The number of hydrogen-bond acceptors (Lipinski definition) is 2. The standard InChI is InChI=1S/C16H23BrINO/c1-2-9-19-16(8-6-13-4-3-10-20-13)14-11-12(17)5-7-15(14)18/h5,7,11,13,16,19H,2-4,6,8-10H2,1H3. The molecule has 2 rings (SSSR count). The summed E-state index contributed by atoms with van der Waals surface area (Å²) in [4.78, 5) is 0. The van der Waals surface area contributed by atoms with Crippen molar-refractivity contribution in [2.75, 3.05) is 13.2 Å². The summed E-state index contributed by atoms with van der Waals surface area (Å²) in [6.45, 7) is 4.24. The smallest absolute Gasteiger partial charge is 0.0576 e. The summed E-state index contributed by atoms with van der Waals surface area (Å²) < 4.78 is 8.26. The quantitative estimate of drug-likeness (QED) is 0.585. The molecule has 1 aromatic carbocycles. The second kappa shape index (κ2) is 8.71. The zero-order valence-corrected chi connectivity index (χ0v) is 15.7. The molecule has 2 nitrogen and oxygen atoms in total. The van der Waals surface area contributed by atoms with Crippen LogP contribution in [0.25, 0.3) is 0 Å². The molecular formula is C16H23BrINO. The van der Waals surface area contributed by atoms with E-state index >= 15 is 0 Å². The Morgan fingerprint density at radius 1 is 1.50 bits per heavy atom. The molecule has 2 unspecified atom stereocenters. The lowest BCUT2D eigenvalue weighted by molar-refractivity contribution is 0.0995. The third-order valence-corrected chi connectivity index (χ3v) is 5.25. The van der Waals surface area contributed by atoms with Gasteiger partial charge in [0, 0.05) is 20.7 Å². The number of halogens is 2. The van der Waals surface area contributed by atoms with Gasteiger partial charge in [-0.05, 0) is 85.0 Å². The number of nitrogens with one attached hydrogen (secondary N) is 1. The first-order chi connectivity index (χ1) is 9.70. The minimum absolute atomic E-state index is 0.434. The van der Waals surface area contributed by atoms with Crippen LogP contribution in [0.4, 0.5) is 0 Å². The third-order valence-electron chi connectivity index (χ3n) is 3.78. The highest BCUT2D eigenvalue weighted by atomic mass is 127. The zero-order chi connectivity index (χ0) is 14.4. The molecule has 1 fully saturated rings. The average molecular weight is 452 g/mol. The predicted molar refractivity (Wildman–Crippen MR) is 96.1 cm³/mol. The molecule has 0 bridgehead atoms. The Morgan fingerprint density at radius 2 is 2.35 bits per heavy atom. The van der Waals surface area contributed by atoms with Gasteiger partial charge in [-0.2, -0.15) is 0 Å². The largest absolute Gasteiger partial charge is 0.378 e. The molecule has 20 heavy (non-hydrogen) atoms. The molecule has 1 aliphatic heterocycles. The van der Waals surface area contributed by atoms with Crippen LogP contribution in [0.3, 0.4) is 0 Å². The summed E-state index contributed by atoms with van der Waals surface area (Å²) in [6.07, 6.45) is 6.41. The van der Waals surface area contributed by atoms with Gasteiger partial charge in [0.25, 0.3) is 0 Å². The predicted octanol–water partition coefficient (Wildman–Crippen LogP) is 5.05. The van der Waals surface area contributed by atoms with Crippen LogP contribution in [-0.4, -0.2) is 19.3 Å². The van der Waals surface area contributed by atoms with Crippen molar-refractivity contribution in [2.24, 2.45) is 0 Å². The maximum absolute atomic E-state index is 5.76. The summed E-state index contributed by atoms with van der Waals surface area (Å²) >= 11 is 6.03. The van der Waals surface area contributed by atoms with Gasteiger partial charge < -0.3 is 10.1 Å². The summed E-state index contributed by atoms with van der Waals surface area (Å²) in [5.41, 5.74) is 1.41. The van der Waals surface area contributed by atoms with Crippen molar-refractivity contribution in [3.05, 3.63) is 31.8 Å². The molecule has 0 aromatic heterocycles. The topological polar surface area (TPSA) is 21.3 Å². The fourth-order valence-electron chi connectivity index (χ4n) is 2.69. The highest BCUT2D eigenvalue weighted by molar-refractivity contribution is 14.1. The van der Waals surface area contributed by atoms with Gasteiger partial charge in [-0.25, -0.2) is 0 Å². The normalized spacial score (nSPS) is 20.2. The number of ether oxygens (including phenoxy) is 1. The molecule has 4 heteroatoms. The number of benzene rings is 1. The minimum Gasteiger partial charge on any atom is -0.378 e. The first-order valence-electron chi connectivity index (χ1n) is 7.50. The second-order valence-corrected chi connectivity index (χ2v) is 7.46. The van der Waals surface area contributed by atoms with Crippen molar-refractivity contribution >= 4 is 38.5 Å². The maximum Gasteiger partial charge on any atom is 0.0576 e. The fourth-order valence-corrected chi connectivity index (χ4v) is 3.78. The van der Waals surface area contributed by atoms with Crippen LogP contribution in [0.2, 0.25) is 0 Å². The van der Waals surface area contributed by atoms with Gasteiger partial charge in [-0.3, -0.25) is 0 Å². The minimum atomic E-state index is 0.434. The molecule has 0 spiro atoms. The van der Waals surface area contributed by atoms with Crippen molar-refractivity contribution in [1.29, 1.82) is 0 Å².